The summed E-state index contributed by atoms with van der Waals surface area (Å²) in [5.74, 6) is -4.09. The quantitative estimate of drug-likeness (QED) is 0.181. The van der Waals surface area contributed by atoms with Gasteiger partial charge in [-0.15, -0.1) is 0 Å². The fraction of sp³-hybridized carbons (Fsp3) is 0.480. The molecule has 0 aliphatic carbocycles. The molecule has 0 saturated carbocycles. The van der Waals surface area contributed by atoms with E-state index in [1.165, 1.54) is 6.92 Å². The number of primary amides is 1. The number of nitrogens with one attached hydrogen (secondary N) is 4. The molecule has 12 nitrogen and oxygen atoms in total. The summed E-state index contributed by atoms with van der Waals surface area (Å²) in [5.41, 5.74) is 12.4. The largest absolute Gasteiger partial charge is 0.480 e. The predicted molar refractivity (Wildman–Crippen MR) is 137 cm³/mol. The third kappa shape index (κ3) is 8.31. The number of aromatic amines is 1. The van der Waals surface area contributed by atoms with Crippen molar-refractivity contribution in [2.24, 2.45) is 17.4 Å². The maximum Gasteiger partial charge on any atom is 0.326 e. The third-order valence-electron chi connectivity index (χ3n) is 6.30. The number of carbonyl (C=O) groups is 5. The van der Waals surface area contributed by atoms with Gasteiger partial charge in [0.05, 0.1) is 6.04 Å². The Hall–Kier alpha value is -3.93. The third-order valence-corrected chi connectivity index (χ3v) is 6.30. The molecule has 1 aromatic carbocycles. The first-order valence-corrected chi connectivity index (χ1v) is 12.2. The van der Waals surface area contributed by atoms with Crippen LogP contribution in [0.25, 0.3) is 10.9 Å². The molecule has 2 rings (SSSR count). The smallest absolute Gasteiger partial charge is 0.326 e. The number of fused-ring (bicyclic) bond motifs is 1. The normalized spacial score (nSPS) is 15.1. The molecule has 0 spiro atoms. The van der Waals surface area contributed by atoms with Gasteiger partial charge in [-0.2, -0.15) is 0 Å². The lowest BCUT2D eigenvalue weighted by atomic mass is 9.98. The summed E-state index contributed by atoms with van der Waals surface area (Å²) < 4.78 is 0. The SMILES string of the molecule is CCC(C)C(NC(=O)C(Cc1c[nH]c2ccccc12)NC(=O)C(C)NC(=O)C(N)CCC(N)=O)C(=O)O. The standard InChI is InChI=1S/C25H36N6O6/c1-4-13(2)21(25(36)37)31-24(35)19(11-15-12-28-18-8-6-5-7-16(15)18)30-22(33)14(3)29-23(34)17(26)9-10-20(27)32/h5-8,12-14,17,19,21,28H,4,9-11,26H2,1-3H3,(H2,27,32)(H,29,34)(H,30,33)(H,31,35)(H,36,37). The zero-order valence-electron chi connectivity index (χ0n) is 21.2. The maximum atomic E-state index is 13.2. The predicted octanol–water partition coefficient (Wildman–Crippen LogP) is -0.0918. The molecule has 0 radical (unpaired) electrons. The molecular weight excluding hydrogens is 480 g/mol. The Labute approximate surface area is 214 Å². The first kappa shape index (κ1) is 29.3. The number of carboxylic acids is 1. The second-order valence-corrected chi connectivity index (χ2v) is 9.18. The van der Waals surface area contributed by atoms with Crippen LogP contribution in [0.3, 0.4) is 0 Å². The summed E-state index contributed by atoms with van der Waals surface area (Å²) in [6.45, 7) is 4.95. The van der Waals surface area contributed by atoms with Crippen LogP contribution in [-0.4, -0.2) is 63.9 Å². The van der Waals surface area contributed by atoms with E-state index in [0.717, 1.165) is 16.5 Å². The molecule has 0 saturated heterocycles. The summed E-state index contributed by atoms with van der Waals surface area (Å²) in [5, 5.41) is 18.1. The van der Waals surface area contributed by atoms with Crippen molar-refractivity contribution in [3.63, 3.8) is 0 Å². The molecule has 0 aliphatic heterocycles. The van der Waals surface area contributed by atoms with Crippen LogP contribution >= 0.6 is 0 Å². The van der Waals surface area contributed by atoms with E-state index in [2.05, 4.69) is 20.9 Å². The molecule has 37 heavy (non-hydrogen) atoms. The molecule has 202 valence electrons. The van der Waals surface area contributed by atoms with Crippen molar-refractivity contribution in [2.75, 3.05) is 0 Å². The Kier molecular flexibility index (Phi) is 10.6. The van der Waals surface area contributed by atoms with Crippen molar-refractivity contribution in [1.29, 1.82) is 0 Å². The fourth-order valence-corrected chi connectivity index (χ4v) is 3.78. The molecule has 1 heterocycles. The van der Waals surface area contributed by atoms with Gasteiger partial charge in [-0.05, 0) is 30.9 Å². The highest BCUT2D eigenvalue weighted by molar-refractivity contribution is 5.94. The molecule has 5 unspecified atom stereocenters. The summed E-state index contributed by atoms with van der Waals surface area (Å²) in [7, 11) is 0. The average molecular weight is 517 g/mol. The van der Waals surface area contributed by atoms with E-state index in [1.54, 1.807) is 13.1 Å². The van der Waals surface area contributed by atoms with Gasteiger partial charge in [0.25, 0.3) is 0 Å². The number of H-pyrrole nitrogens is 1. The number of hydrogen-bond acceptors (Lipinski definition) is 6. The Bertz CT molecular complexity index is 1130. The van der Waals surface area contributed by atoms with E-state index in [4.69, 9.17) is 11.5 Å². The molecule has 9 N–H and O–H groups in total. The number of amides is 4. The van der Waals surface area contributed by atoms with Crippen molar-refractivity contribution in [3.8, 4) is 0 Å². The number of nitrogens with two attached hydrogens (primary N) is 2. The van der Waals surface area contributed by atoms with Crippen LogP contribution in [0.15, 0.2) is 30.5 Å². The number of benzene rings is 1. The summed E-state index contributed by atoms with van der Waals surface area (Å²) in [6, 6.07) is 3.07. The molecule has 5 atom stereocenters. The van der Waals surface area contributed by atoms with E-state index in [1.807, 2.05) is 31.2 Å². The van der Waals surface area contributed by atoms with Gasteiger partial charge in [-0.1, -0.05) is 38.5 Å². The van der Waals surface area contributed by atoms with E-state index >= 15 is 0 Å². The number of rotatable bonds is 14. The highest BCUT2D eigenvalue weighted by Gasteiger charge is 2.31. The van der Waals surface area contributed by atoms with E-state index in [0.29, 0.717) is 6.42 Å². The van der Waals surface area contributed by atoms with E-state index < -0.39 is 53.8 Å². The fourth-order valence-electron chi connectivity index (χ4n) is 3.78. The average Bonchev–Trinajstić information content (AvgIpc) is 3.27. The van der Waals surface area contributed by atoms with Gasteiger partial charge in [0.2, 0.25) is 23.6 Å². The number of carbonyl (C=O) groups excluding carboxylic acids is 4. The Morgan fingerprint density at radius 2 is 1.68 bits per heavy atom. The summed E-state index contributed by atoms with van der Waals surface area (Å²) in [4.78, 5) is 64.3. The molecule has 12 heteroatoms. The molecule has 0 bridgehead atoms. The first-order chi connectivity index (χ1) is 17.4. The van der Waals surface area contributed by atoms with Crippen LogP contribution in [0, 0.1) is 5.92 Å². The summed E-state index contributed by atoms with van der Waals surface area (Å²) >= 11 is 0. The lowest BCUT2D eigenvalue weighted by Crippen LogP contribution is -2.57. The van der Waals surface area contributed by atoms with Gasteiger partial charge in [0.1, 0.15) is 18.1 Å². The summed E-state index contributed by atoms with van der Waals surface area (Å²) in [6.07, 6.45) is 2.27. The number of carboxylic acid groups (broad SMARTS) is 1. The molecule has 0 aliphatic rings. The van der Waals surface area contributed by atoms with Gasteiger partial charge in [-0.3, -0.25) is 19.2 Å². The van der Waals surface area contributed by atoms with Gasteiger partial charge < -0.3 is 37.5 Å². The van der Waals surface area contributed by atoms with Gasteiger partial charge in [-0.25, -0.2) is 4.79 Å². The molecule has 2 aromatic rings. The zero-order chi connectivity index (χ0) is 27.7. The van der Waals surface area contributed by atoms with Crippen LogP contribution < -0.4 is 27.4 Å². The highest BCUT2D eigenvalue weighted by atomic mass is 16.4. The minimum absolute atomic E-state index is 0.0211. The van der Waals surface area contributed by atoms with Crippen LogP contribution in [0.5, 0.6) is 0 Å². The van der Waals surface area contributed by atoms with Gasteiger partial charge >= 0.3 is 5.97 Å². The van der Waals surface area contributed by atoms with Crippen molar-refractivity contribution in [3.05, 3.63) is 36.0 Å². The Morgan fingerprint density at radius 3 is 2.30 bits per heavy atom. The van der Waals surface area contributed by atoms with E-state index in [9.17, 15) is 29.1 Å². The first-order valence-electron chi connectivity index (χ1n) is 12.2. The number of aliphatic carboxylic acids is 1. The van der Waals surface area contributed by atoms with Crippen molar-refractivity contribution in [1.82, 2.24) is 20.9 Å². The molecular formula is C25H36N6O6. The second kappa shape index (κ2) is 13.4. The maximum absolute atomic E-state index is 13.2. The highest BCUT2D eigenvalue weighted by Crippen LogP contribution is 2.19. The van der Waals surface area contributed by atoms with Gasteiger partial charge in [0, 0.05) is 29.9 Å². The monoisotopic (exact) mass is 516 g/mol. The Morgan fingerprint density at radius 1 is 1.00 bits per heavy atom. The van der Waals surface area contributed by atoms with Crippen molar-refractivity contribution in [2.45, 2.75) is 70.6 Å². The minimum Gasteiger partial charge on any atom is -0.480 e. The van der Waals surface area contributed by atoms with Crippen LogP contribution in [0.1, 0.15) is 45.6 Å². The lowest BCUT2D eigenvalue weighted by molar-refractivity contribution is -0.143. The van der Waals surface area contributed by atoms with Crippen molar-refractivity contribution >= 4 is 40.5 Å². The van der Waals surface area contributed by atoms with Crippen LogP contribution in [-0.2, 0) is 30.4 Å². The van der Waals surface area contributed by atoms with Crippen LogP contribution in [0.4, 0.5) is 0 Å². The number of hydrogen-bond donors (Lipinski definition) is 7. The van der Waals surface area contributed by atoms with Gasteiger partial charge in [0.15, 0.2) is 0 Å². The molecule has 1 aromatic heterocycles. The number of para-hydroxylation sites is 1. The second-order valence-electron chi connectivity index (χ2n) is 9.18. The Balaban J connectivity index is 2.20. The van der Waals surface area contributed by atoms with E-state index in [-0.39, 0.29) is 25.2 Å². The molecule has 4 amide bonds. The minimum atomic E-state index is -1.18. The zero-order valence-corrected chi connectivity index (χ0v) is 21.2. The van der Waals surface area contributed by atoms with Crippen molar-refractivity contribution < 1.29 is 29.1 Å². The topological polar surface area (TPSA) is 210 Å². The number of aromatic nitrogens is 1. The lowest BCUT2D eigenvalue weighted by Gasteiger charge is -2.25. The van der Waals surface area contributed by atoms with Crippen LogP contribution in [0.2, 0.25) is 0 Å². The molecule has 0 fully saturated rings.